The summed E-state index contributed by atoms with van der Waals surface area (Å²) in [6, 6.07) is 4.96. The molecule has 0 bridgehead atoms. The molecule has 2 rings (SSSR count). The highest BCUT2D eigenvalue weighted by atomic mass is 127. The number of aromatic nitrogens is 1. The molecule has 30 heavy (non-hydrogen) atoms. The van der Waals surface area contributed by atoms with E-state index in [1.54, 1.807) is 6.07 Å². The molecule has 0 saturated carbocycles. The highest BCUT2D eigenvalue weighted by Crippen LogP contribution is 2.29. The van der Waals surface area contributed by atoms with E-state index in [4.69, 9.17) is 4.52 Å². The molecule has 0 atom stereocenters. The fourth-order valence-corrected chi connectivity index (χ4v) is 2.66. The normalized spacial score (nSPS) is 11.3. The minimum Gasteiger partial charge on any atom is -0.361 e. The van der Waals surface area contributed by atoms with Crippen molar-refractivity contribution in [3.05, 3.63) is 52.4 Å². The molecule has 1 aromatic carbocycles. The van der Waals surface area contributed by atoms with E-state index in [1.807, 2.05) is 20.8 Å². The van der Waals surface area contributed by atoms with Crippen LogP contribution in [0.2, 0.25) is 0 Å². The second kappa shape index (κ2) is 12.5. The summed E-state index contributed by atoms with van der Waals surface area (Å²) in [7, 11) is 0. The molecule has 0 aliphatic heterocycles. The molecule has 0 aliphatic carbocycles. The zero-order chi connectivity index (χ0) is 21.3. The smallest absolute Gasteiger partial charge is 0.361 e. The Labute approximate surface area is 191 Å². The fourth-order valence-electron chi connectivity index (χ4n) is 2.66. The summed E-state index contributed by atoms with van der Waals surface area (Å²) in [5.41, 5.74) is 1.49. The summed E-state index contributed by atoms with van der Waals surface area (Å²) < 4.78 is 43.6. The fraction of sp³-hybridized carbons (Fsp3) is 0.429. The van der Waals surface area contributed by atoms with Crippen molar-refractivity contribution in [3.8, 4) is 11.8 Å². The van der Waals surface area contributed by atoms with Crippen LogP contribution in [0, 0.1) is 11.8 Å². The van der Waals surface area contributed by atoms with Crippen LogP contribution in [0.4, 0.5) is 13.2 Å². The Kier molecular flexibility index (Phi) is 10.7. The molecule has 2 aromatic rings. The quantitative estimate of drug-likeness (QED) is 0.247. The number of aliphatic imine (C=N–C) groups is 1. The second-order valence-corrected chi connectivity index (χ2v) is 6.17. The number of rotatable bonds is 6. The zero-order valence-corrected chi connectivity index (χ0v) is 19.5. The number of nitrogens with one attached hydrogen (secondary N) is 2. The van der Waals surface area contributed by atoms with Crippen molar-refractivity contribution in [2.75, 3.05) is 13.1 Å². The molecule has 0 amide bonds. The average molecular weight is 534 g/mol. The second-order valence-electron chi connectivity index (χ2n) is 6.17. The first-order valence-corrected chi connectivity index (χ1v) is 9.53. The first kappa shape index (κ1) is 25.8. The van der Waals surface area contributed by atoms with Crippen molar-refractivity contribution in [3.63, 3.8) is 0 Å². The third-order valence-electron chi connectivity index (χ3n) is 4.11. The minimum absolute atomic E-state index is 0. The number of aryl methyl sites for hydroxylation is 2. The van der Waals surface area contributed by atoms with E-state index in [9.17, 15) is 13.2 Å². The van der Waals surface area contributed by atoms with Gasteiger partial charge in [-0.2, -0.15) is 13.2 Å². The van der Waals surface area contributed by atoms with Crippen LogP contribution in [0.3, 0.4) is 0 Å². The predicted molar refractivity (Wildman–Crippen MR) is 122 cm³/mol. The zero-order valence-electron chi connectivity index (χ0n) is 17.2. The van der Waals surface area contributed by atoms with Crippen LogP contribution in [0.15, 0.2) is 33.8 Å². The molecule has 1 aromatic heterocycles. The molecular formula is C21H26F3IN4O. The average Bonchev–Trinajstić information content (AvgIpc) is 3.10. The SMILES string of the molecule is CCNC(=NCc1c(CC)noc1CC)NCC#Cc1cccc(C(F)(F)F)c1.I. The van der Waals surface area contributed by atoms with Gasteiger partial charge in [-0.3, -0.25) is 0 Å². The molecule has 0 unspecified atom stereocenters. The molecule has 9 heteroatoms. The standard InChI is InChI=1S/C21H25F3N4O.HI/c1-4-18-17(19(5-2)29-28-18)14-27-20(25-6-3)26-12-8-10-15-9-7-11-16(13-15)21(22,23)24;/h7,9,11,13H,4-6,12,14H2,1-3H3,(H2,25,26,27);1H. The van der Waals surface area contributed by atoms with E-state index in [1.165, 1.54) is 6.07 Å². The summed E-state index contributed by atoms with van der Waals surface area (Å²) in [6.45, 7) is 7.29. The summed E-state index contributed by atoms with van der Waals surface area (Å²) in [5.74, 6) is 6.96. The van der Waals surface area contributed by atoms with Gasteiger partial charge in [0, 0.05) is 24.1 Å². The number of halogens is 4. The van der Waals surface area contributed by atoms with E-state index in [-0.39, 0.29) is 30.5 Å². The lowest BCUT2D eigenvalue weighted by molar-refractivity contribution is -0.137. The number of nitrogens with zero attached hydrogens (tertiary/aromatic N) is 2. The van der Waals surface area contributed by atoms with Crippen LogP contribution >= 0.6 is 24.0 Å². The molecule has 0 saturated heterocycles. The van der Waals surface area contributed by atoms with E-state index >= 15 is 0 Å². The Balaban J connectivity index is 0.00000450. The van der Waals surface area contributed by atoms with E-state index in [2.05, 4.69) is 32.6 Å². The van der Waals surface area contributed by atoms with E-state index < -0.39 is 11.7 Å². The first-order chi connectivity index (χ1) is 13.9. The number of hydrogen-bond donors (Lipinski definition) is 2. The van der Waals surface area contributed by atoms with Gasteiger partial charge in [0.25, 0.3) is 0 Å². The van der Waals surface area contributed by atoms with Crippen molar-refractivity contribution in [1.29, 1.82) is 0 Å². The van der Waals surface area contributed by atoms with Crippen molar-refractivity contribution in [2.45, 2.75) is 46.3 Å². The maximum atomic E-state index is 12.8. The maximum Gasteiger partial charge on any atom is 0.416 e. The van der Waals surface area contributed by atoms with Crippen LogP contribution in [-0.4, -0.2) is 24.2 Å². The van der Waals surface area contributed by atoms with Crippen molar-refractivity contribution >= 4 is 29.9 Å². The van der Waals surface area contributed by atoms with Gasteiger partial charge in [0.2, 0.25) is 0 Å². The van der Waals surface area contributed by atoms with E-state index in [0.29, 0.717) is 24.6 Å². The lowest BCUT2D eigenvalue weighted by Gasteiger charge is -2.09. The molecule has 0 radical (unpaired) electrons. The van der Waals surface area contributed by atoms with Gasteiger partial charge < -0.3 is 15.2 Å². The van der Waals surface area contributed by atoms with Crippen LogP contribution in [-0.2, 0) is 25.6 Å². The number of alkyl halides is 3. The molecule has 0 spiro atoms. The lowest BCUT2D eigenvalue weighted by atomic mass is 10.1. The minimum atomic E-state index is -4.38. The maximum absolute atomic E-state index is 12.8. The van der Waals surface area contributed by atoms with Crippen molar-refractivity contribution < 1.29 is 17.7 Å². The van der Waals surface area contributed by atoms with Gasteiger partial charge in [-0.05, 0) is 31.5 Å². The summed E-state index contributed by atoms with van der Waals surface area (Å²) in [5, 5.41) is 10.3. The van der Waals surface area contributed by atoms with Gasteiger partial charge in [0.15, 0.2) is 5.96 Å². The van der Waals surface area contributed by atoms with Gasteiger partial charge in [0.05, 0.1) is 24.3 Å². The number of guanidine groups is 1. The monoisotopic (exact) mass is 534 g/mol. The van der Waals surface area contributed by atoms with Gasteiger partial charge in [0.1, 0.15) is 5.76 Å². The molecule has 164 valence electrons. The van der Waals surface area contributed by atoms with Crippen LogP contribution in [0.1, 0.15) is 48.9 Å². The Morgan fingerprint density at radius 2 is 1.93 bits per heavy atom. The van der Waals surface area contributed by atoms with Gasteiger partial charge in [-0.1, -0.05) is 36.9 Å². The molecule has 5 nitrogen and oxygen atoms in total. The lowest BCUT2D eigenvalue weighted by Crippen LogP contribution is -2.37. The highest BCUT2D eigenvalue weighted by Gasteiger charge is 2.30. The number of benzene rings is 1. The van der Waals surface area contributed by atoms with Crippen molar-refractivity contribution in [2.24, 2.45) is 4.99 Å². The third kappa shape index (κ3) is 7.55. The Morgan fingerprint density at radius 1 is 1.17 bits per heavy atom. The largest absolute Gasteiger partial charge is 0.416 e. The Hall–Kier alpha value is -2.22. The Bertz CT molecular complexity index is 876. The summed E-state index contributed by atoms with van der Waals surface area (Å²) in [4.78, 5) is 4.54. The molecule has 0 aliphatic rings. The van der Waals surface area contributed by atoms with Gasteiger partial charge >= 0.3 is 6.18 Å². The molecule has 0 fully saturated rings. The third-order valence-corrected chi connectivity index (χ3v) is 4.11. The van der Waals surface area contributed by atoms with Crippen LogP contribution in [0.25, 0.3) is 0 Å². The Morgan fingerprint density at radius 3 is 2.57 bits per heavy atom. The van der Waals surface area contributed by atoms with Crippen molar-refractivity contribution in [1.82, 2.24) is 15.8 Å². The van der Waals surface area contributed by atoms with Gasteiger partial charge in [-0.15, -0.1) is 24.0 Å². The van der Waals surface area contributed by atoms with Crippen LogP contribution < -0.4 is 10.6 Å². The molecular weight excluding hydrogens is 508 g/mol. The summed E-state index contributed by atoms with van der Waals surface area (Å²) in [6.07, 6.45) is -2.87. The molecule has 1 heterocycles. The molecule has 2 N–H and O–H groups in total. The highest BCUT2D eigenvalue weighted by molar-refractivity contribution is 14.0. The topological polar surface area (TPSA) is 62.5 Å². The van der Waals surface area contributed by atoms with E-state index in [0.717, 1.165) is 42.0 Å². The van der Waals surface area contributed by atoms with Gasteiger partial charge in [-0.25, -0.2) is 4.99 Å². The summed E-state index contributed by atoms with van der Waals surface area (Å²) >= 11 is 0. The van der Waals surface area contributed by atoms with Crippen LogP contribution in [0.5, 0.6) is 0 Å². The predicted octanol–water partition coefficient (Wildman–Crippen LogP) is 4.54. The first-order valence-electron chi connectivity index (χ1n) is 9.53. The number of hydrogen-bond acceptors (Lipinski definition) is 3.